The SMILES string of the molecule is C[Si](C)(C)CCOCn1ccc2ccc(BO)nc21. The molecule has 0 radical (unpaired) electrons. The Balaban J connectivity index is 2.00. The lowest BCUT2D eigenvalue weighted by Crippen LogP contribution is -2.22. The molecule has 0 spiro atoms. The van der Waals surface area contributed by atoms with Gasteiger partial charge in [-0.2, -0.15) is 0 Å². The predicted molar refractivity (Wildman–Crippen MR) is 82.8 cm³/mol. The van der Waals surface area contributed by atoms with Gasteiger partial charge in [0.15, 0.2) is 0 Å². The van der Waals surface area contributed by atoms with Gasteiger partial charge in [0, 0.05) is 31.9 Å². The van der Waals surface area contributed by atoms with Crippen LogP contribution in [-0.2, 0) is 11.5 Å². The van der Waals surface area contributed by atoms with Crippen LogP contribution in [0.1, 0.15) is 0 Å². The number of hydrogen-bond acceptors (Lipinski definition) is 3. The van der Waals surface area contributed by atoms with Gasteiger partial charge in [-0.1, -0.05) is 25.7 Å². The number of ether oxygens (including phenoxy) is 1. The lowest BCUT2D eigenvalue weighted by molar-refractivity contribution is 0.0899. The molecule has 0 atom stereocenters. The molecule has 0 amide bonds. The lowest BCUT2D eigenvalue weighted by atomic mass is 9.95. The highest BCUT2D eigenvalue weighted by molar-refractivity contribution is 6.76. The maximum absolute atomic E-state index is 9.13. The van der Waals surface area contributed by atoms with Crippen molar-refractivity contribution < 1.29 is 9.76 Å². The third-order valence-corrected chi connectivity index (χ3v) is 4.76. The molecule has 19 heavy (non-hydrogen) atoms. The van der Waals surface area contributed by atoms with Gasteiger partial charge in [0.2, 0.25) is 0 Å². The zero-order chi connectivity index (χ0) is 13.9. The van der Waals surface area contributed by atoms with E-state index in [1.807, 2.05) is 29.0 Å². The molecule has 2 aromatic rings. The first-order valence-corrected chi connectivity index (χ1v) is 10.3. The molecule has 0 fully saturated rings. The van der Waals surface area contributed by atoms with Gasteiger partial charge in [-0.05, 0) is 18.2 Å². The Labute approximate surface area is 115 Å². The van der Waals surface area contributed by atoms with Gasteiger partial charge in [-0.15, -0.1) is 0 Å². The summed E-state index contributed by atoms with van der Waals surface area (Å²) in [5.41, 5.74) is 1.56. The molecule has 6 heteroatoms. The topological polar surface area (TPSA) is 47.3 Å². The fraction of sp³-hybridized carbons (Fsp3) is 0.462. The minimum Gasteiger partial charge on any atom is -0.448 e. The van der Waals surface area contributed by atoms with Gasteiger partial charge in [0.05, 0.1) is 0 Å². The van der Waals surface area contributed by atoms with Crippen molar-refractivity contribution in [3.63, 3.8) is 0 Å². The van der Waals surface area contributed by atoms with Crippen LogP contribution < -0.4 is 5.59 Å². The monoisotopic (exact) mass is 276 g/mol. The summed E-state index contributed by atoms with van der Waals surface area (Å²) < 4.78 is 7.72. The highest BCUT2D eigenvalue weighted by Crippen LogP contribution is 2.12. The number of aromatic nitrogens is 2. The standard InChI is InChI=1S/C13H21BN2O2Si/c1-19(2,3)9-8-18-10-16-7-6-11-4-5-12(14-17)15-13(11)16/h4-7,14,17H,8-10H2,1-3H3. The van der Waals surface area contributed by atoms with Gasteiger partial charge in [-0.3, -0.25) is 0 Å². The Hall–Kier alpha value is -1.11. The molecule has 0 aliphatic rings. The van der Waals surface area contributed by atoms with E-state index in [-0.39, 0.29) is 7.48 Å². The molecule has 0 aromatic carbocycles. The van der Waals surface area contributed by atoms with Crippen molar-refractivity contribution in [2.24, 2.45) is 0 Å². The number of hydrogen-bond donors (Lipinski definition) is 1. The van der Waals surface area contributed by atoms with E-state index in [1.54, 1.807) is 0 Å². The van der Waals surface area contributed by atoms with Crippen LogP contribution >= 0.6 is 0 Å². The quantitative estimate of drug-likeness (QED) is 0.639. The molecule has 2 heterocycles. The summed E-state index contributed by atoms with van der Waals surface area (Å²) in [6.07, 6.45) is 1.98. The Morgan fingerprint density at radius 3 is 2.79 bits per heavy atom. The first-order valence-electron chi connectivity index (χ1n) is 6.63. The molecule has 0 saturated carbocycles. The van der Waals surface area contributed by atoms with Crippen LogP contribution in [-0.4, -0.2) is 36.7 Å². The summed E-state index contributed by atoms with van der Waals surface area (Å²) in [6, 6.07) is 7.01. The minimum absolute atomic E-state index is 0.0302. The number of fused-ring (bicyclic) bond motifs is 1. The Morgan fingerprint density at radius 1 is 1.32 bits per heavy atom. The largest absolute Gasteiger partial charge is 0.448 e. The van der Waals surface area contributed by atoms with Crippen LogP contribution in [0.4, 0.5) is 0 Å². The van der Waals surface area contributed by atoms with Crippen molar-refractivity contribution >= 4 is 32.2 Å². The fourth-order valence-electron chi connectivity index (χ4n) is 1.83. The second-order valence-corrected chi connectivity index (χ2v) is 11.6. The van der Waals surface area contributed by atoms with Crippen molar-refractivity contribution in [2.75, 3.05) is 6.61 Å². The maximum Gasteiger partial charge on any atom is 0.325 e. The number of nitrogens with zero attached hydrogens (tertiary/aromatic N) is 2. The molecule has 0 unspecified atom stereocenters. The molecule has 0 bridgehead atoms. The predicted octanol–water partition coefficient (Wildman–Crippen LogP) is 1.32. The van der Waals surface area contributed by atoms with Crippen LogP contribution in [0.3, 0.4) is 0 Å². The van der Waals surface area contributed by atoms with E-state index in [9.17, 15) is 0 Å². The highest BCUT2D eigenvalue weighted by atomic mass is 28.3. The molecule has 4 nitrogen and oxygen atoms in total. The van der Waals surface area contributed by atoms with E-state index in [0.717, 1.165) is 17.6 Å². The molecule has 2 rings (SSSR count). The van der Waals surface area contributed by atoms with Crippen LogP contribution in [0.15, 0.2) is 24.4 Å². The van der Waals surface area contributed by atoms with Crippen LogP contribution in [0.2, 0.25) is 25.7 Å². The molecule has 1 N–H and O–H groups in total. The van der Waals surface area contributed by atoms with Crippen molar-refractivity contribution in [2.45, 2.75) is 32.4 Å². The average Bonchev–Trinajstić information content (AvgIpc) is 2.76. The zero-order valence-corrected chi connectivity index (χ0v) is 12.9. The summed E-state index contributed by atoms with van der Waals surface area (Å²) in [5.74, 6) is 0. The first kappa shape index (κ1) is 14.3. The minimum atomic E-state index is -1.03. The third-order valence-electron chi connectivity index (χ3n) is 3.06. The van der Waals surface area contributed by atoms with Crippen molar-refractivity contribution in [1.29, 1.82) is 0 Å². The summed E-state index contributed by atoms with van der Waals surface area (Å²) >= 11 is 0. The van der Waals surface area contributed by atoms with E-state index in [2.05, 4.69) is 24.6 Å². The molecular formula is C13H21BN2O2Si. The lowest BCUT2D eigenvalue weighted by Gasteiger charge is -2.15. The molecule has 0 aliphatic heterocycles. The normalized spacial score (nSPS) is 12.0. The van der Waals surface area contributed by atoms with Gasteiger partial charge in [0.25, 0.3) is 0 Å². The zero-order valence-electron chi connectivity index (χ0n) is 11.9. The van der Waals surface area contributed by atoms with E-state index in [0.29, 0.717) is 12.3 Å². The molecule has 2 aromatic heterocycles. The molecular weight excluding hydrogens is 255 g/mol. The average molecular weight is 276 g/mol. The summed E-state index contributed by atoms with van der Waals surface area (Å²) in [4.78, 5) is 4.42. The van der Waals surface area contributed by atoms with Crippen molar-refractivity contribution in [3.8, 4) is 0 Å². The van der Waals surface area contributed by atoms with Crippen molar-refractivity contribution in [1.82, 2.24) is 9.55 Å². The Kier molecular flexibility index (Phi) is 4.44. The summed E-state index contributed by atoms with van der Waals surface area (Å²) in [7, 11) is -1.06. The molecule has 0 saturated heterocycles. The maximum atomic E-state index is 9.13. The highest BCUT2D eigenvalue weighted by Gasteiger charge is 2.12. The van der Waals surface area contributed by atoms with Crippen molar-refractivity contribution in [3.05, 3.63) is 24.4 Å². The molecule has 102 valence electrons. The van der Waals surface area contributed by atoms with Crippen LogP contribution in [0, 0.1) is 0 Å². The van der Waals surface area contributed by atoms with E-state index in [4.69, 9.17) is 9.76 Å². The van der Waals surface area contributed by atoms with Gasteiger partial charge in [-0.25, -0.2) is 4.98 Å². The van der Waals surface area contributed by atoms with E-state index < -0.39 is 8.07 Å². The molecule has 0 aliphatic carbocycles. The van der Waals surface area contributed by atoms with Crippen LogP contribution in [0.25, 0.3) is 11.0 Å². The summed E-state index contributed by atoms with van der Waals surface area (Å²) in [5, 5.41) is 10.2. The fourth-order valence-corrected chi connectivity index (χ4v) is 2.59. The third kappa shape index (κ3) is 3.93. The van der Waals surface area contributed by atoms with E-state index in [1.165, 1.54) is 6.04 Å². The number of pyridine rings is 1. The van der Waals surface area contributed by atoms with Crippen LogP contribution in [0.5, 0.6) is 0 Å². The second-order valence-electron chi connectivity index (χ2n) is 6.01. The first-order chi connectivity index (χ1) is 8.99. The smallest absolute Gasteiger partial charge is 0.325 e. The van der Waals surface area contributed by atoms with Gasteiger partial charge >= 0.3 is 7.48 Å². The number of rotatable bonds is 6. The second kappa shape index (κ2) is 5.90. The summed E-state index contributed by atoms with van der Waals surface area (Å²) in [6.45, 7) is 8.36. The van der Waals surface area contributed by atoms with Gasteiger partial charge < -0.3 is 14.3 Å². The Morgan fingerprint density at radius 2 is 2.11 bits per heavy atom. The van der Waals surface area contributed by atoms with E-state index >= 15 is 0 Å². The Bertz CT molecular complexity index is 551. The van der Waals surface area contributed by atoms with Gasteiger partial charge in [0.1, 0.15) is 12.4 Å².